The monoisotopic (exact) mass is 553 g/mol. The van der Waals surface area contributed by atoms with E-state index in [0.29, 0.717) is 11.5 Å². The maximum Gasteiger partial charge on any atom is 0.335 e. The highest BCUT2D eigenvalue weighted by Crippen LogP contribution is 2.39. The molecule has 0 saturated heterocycles. The summed E-state index contributed by atoms with van der Waals surface area (Å²) in [7, 11) is -3.04. The van der Waals surface area contributed by atoms with Crippen LogP contribution < -0.4 is 9.46 Å². The second kappa shape index (κ2) is 12.6. The fourth-order valence-corrected chi connectivity index (χ4v) is 6.62. The average Bonchev–Trinajstić information content (AvgIpc) is 2.93. The minimum Gasteiger partial charge on any atom is -0.495 e. The topological polar surface area (TPSA) is 92.7 Å². The Hall–Kier alpha value is -3.39. The van der Waals surface area contributed by atoms with Crippen LogP contribution in [0.5, 0.6) is 5.75 Å². The number of nitrogens with one attached hydrogen (secondary N) is 1. The molecule has 0 aliphatic heterocycles. The molecule has 4 rings (SSSR count). The second-order valence-electron chi connectivity index (χ2n) is 10.3. The molecule has 0 atom stereocenters. The highest BCUT2D eigenvalue weighted by atomic mass is 32.2. The van der Waals surface area contributed by atoms with Gasteiger partial charge in [0.05, 0.1) is 18.4 Å². The number of rotatable bonds is 11. The summed E-state index contributed by atoms with van der Waals surface area (Å²) in [4.78, 5) is 10.7. The summed E-state index contributed by atoms with van der Waals surface area (Å²) < 4.78 is 49.4. The van der Waals surface area contributed by atoms with Gasteiger partial charge in [0, 0.05) is 5.56 Å². The van der Waals surface area contributed by atoms with Gasteiger partial charge >= 0.3 is 5.97 Å². The van der Waals surface area contributed by atoms with Crippen molar-refractivity contribution < 1.29 is 27.4 Å². The largest absolute Gasteiger partial charge is 0.495 e. The SMILES string of the molecule is CCCCC[C@H]1CC[C@H](c2ccc(-c3cccc(S(=O)(=O)Nc4ccc(C(=O)O)cc4OC)c3F)cc2)CC1. The van der Waals surface area contributed by atoms with Crippen molar-refractivity contribution in [2.75, 3.05) is 11.8 Å². The maximum absolute atomic E-state index is 15.6. The molecular weight excluding hydrogens is 517 g/mol. The van der Waals surface area contributed by atoms with Crippen LogP contribution in [0.4, 0.5) is 10.1 Å². The van der Waals surface area contributed by atoms with Crippen LogP contribution in [0.25, 0.3) is 11.1 Å². The van der Waals surface area contributed by atoms with Gasteiger partial charge in [0.25, 0.3) is 10.0 Å². The third kappa shape index (κ3) is 6.79. The number of methoxy groups -OCH3 is 1. The Labute approximate surface area is 230 Å². The van der Waals surface area contributed by atoms with E-state index in [1.54, 1.807) is 6.07 Å². The molecule has 3 aromatic carbocycles. The van der Waals surface area contributed by atoms with Gasteiger partial charge < -0.3 is 9.84 Å². The fourth-order valence-electron chi connectivity index (χ4n) is 5.45. The Morgan fingerprint density at radius 3 is 2.38 bits per heavy atom. The van der Waals surface area contributed by atoms with Crippen molar-refractivity contribution in [1.29, 1.82) is 0 Å². The molecule has 0 radical (unpaired) electrons. The van der Waals surface area contributed by atoms with E-state index >= 15 is 4.39 Å². The third-order valence-corrected chi connectivity index (χ3v) is 9.08. The minimum absolute atomic E-state index is 0.0109. The number of carboxylic acids is 1. The number of aromatic carboxylic acids is 1. The Morgan fingerprint density at radius 2 is 1.74 bits per heavy atom. The van der Waals surface area contributed by atoms with Gasteiger partial charge in [-0.3, -0.25) is 4.72 Å². The van der Waals surface area contributed by atoms with Gasteiger partial charge in [-0.05, 0) is 72.9 Å². The van der Waals surface area contributed by atoms with E-state index < -0.39 is 26.7 Å². The van der Waals surface area contributed by atoms with Crippen LogP contribution in [-0.4, -0.2) is 26.6 Å². The molecule has 1 fully saturated rings. The zero-order valence-electron chi connectivity index (χ0n) is 22.5. The van der Waals surface area contributed by atoms with Crippen LogP contribution in [0.3, 0.4) is 0 Å². The van der Waals surface area contributed by atoms with Gasteiger partial charge in [-0.25, -0.2) is 17.6 Å². The zero-order chi connectivity index (χ0) is 28.0. The number of carboxylic acid groups (broad SMARTS) is 1. The summed E-state index contributed by atoms with van der Waals surface area (Å²) in [6, 6.07) is 15.8. The van der Waals surface area contributed by atoms with Gasteiger partial charge in [-0.15, -0.1) is 0 Å². The van der Waals surface area contributed by atoms with E-state index in [2.05, 4.69) is 11.6 Å². The van der Waals surface area contributed by atoms with Crippen LogP contribution in [0, 0.1) is 11.7 Å². The molecule has 1 aliphatic carbocycles. The average molecular weight is 554 g/mol. The Bertz CT molecular complexity index is 1400. The van der Waals surface area contributed by atoms with Crippen LogP contribution in [-0.2, 0) is 10.0 Å². The van der Waals surface area contributed by atoms with Gasteiger partial charge in [-0.2, -0.15) is 0 Å². The fraction of sp³-hybridized carbons (Fsp3) is 0.387. The highest BCUT2D eigenvalue weighted by Gasteiger charge is 2.25. The lowest BCUT2D eigenvalue weighted by molar-refractivity contribution is 0.0696. The molecule has 0 unspecified atom stereocenters. The maximum atomic E-state index is 15.6. The molecule has 0 amide bonds. The number of halogens is 1. The number of sulfonamides is 1. The molecule has 0 heterocycles. The lowest BCUT2D eigenvalue weighted by Gasteiger charge is -2.29. The molecule has 0 aromatic heterocycles. The molecule has 2 N–H and O–H groups in total. The van der Waals surface area contributed by atoms with Gasteiger partial charge in [-0.1, -0.05) is 69.0 Å². The molecule has 6 nitrogen and oxygen atoms in total. The van der Waals surface area contributed by atoms with E-state index in [1.807, 2.05) is 24.3 Å². The van der Waals surface area contributed by atoms with Gasteiger partial charge in [0.1, 0.15) is 10.6 Å². The molecule has 3 aromatic rings. The van der Waals surface area contributed by atoms with Crippen LogP contribution in [0.1, 0.15) is 80.1 Å². The predicted molar refractivity (Wildman–Crippen MR) is 151 cm³/mol. The van der Waals surface area contributed by atoms with Crippen molar-refractivity contribution in [1.82, 2.24) is 0 Å². The van der Waals surface area contributed by atoms with Crippen LogP contribution in [0.2, 0.25) is 0 Å². The first-order valence-corrected chi connectivity index (χ1v) is 15.0. The van der Waals surface area contributed by atoms with Crippen molar-refractivity contribution in [2.45, 2.75) is 69.1 Å². The number of hydrogen-bond acceptors (Lipinski definition) is 4. The lowest BCUT2D eigenvalue weighted by atomic mass is 9.77. The van der Waals surface area contributed by atoms with E-state index in [9.17, 15) is 18.3 Å². The normalized spacial score (nSPS) is 17.5. The molecule has 8 heteroatoms. The summed E-state index contributed by atoms with van der Waals surface area (Å²) in [5, 5.41) is 9.18. The van der Waals surface area contributed by atoms with E-state index in [0.717, 1.165) is 5.92 Å². The minimum atomic E-state index is -4.33. The van der Waals surface area contributed by atoms with E-state index in [4.69, 9.17) is 4.74 Å². The standard InChI is InChI=1S/C31H36FNO5S/c1-3-4-5-7-21-10-12-22(13-11-21)23-14-16-24(17-15-23)26-8-6-9-29(30(26)32)39(36,37)33-27-19-18-25(31(34)35)20-28(27)38-2/h6,8-9,14-22,33H,3-5,7,10-13H2,1-2H3,(H,34,35)/t21-,22-. The van der Waals surface area contributed by atoms with Crippen molar-refractivity contribution in [2.24, 2.45) is 5.92 Å². The van der Waals surface area contributed by atoms with E-state index in [1.165, 1.54) is 94.4 Å². The van der Waals surface area contributed by atoms with E-state index in [-0.39, 0.29) is 22.6 Å². The molecule has 1 saturated carbocycles. The number of anilines is 1. The highest BCUT2D eigenvalue weighted by molar-refractivity contribution is 7.92. The Balaban J connectivity index is 1.50. The van der Waals surface area contributed by atoms with Crippen molar-refractivity contribution in [3.8, 4) is 16.9 Å². The van der Waals surface area contributed by atoms with Gasteiger partial charge in [0.15, 0.2) is 5.82 Å². The smallest absolute Gasteiger partial charge is 0.335 e. The number of ether oxygens (including phenoxy) is 1. The molecule has 0 spiro atoms. The van der Waals surface area contributed by atoms with Crippen LogP contribution in [0.15, 0.2) is 65.6 Å². The second-order valence-corrected chi connectivity index (χ2v) is 11.9. The van der Waals surface area contributed by atoms with Crippen molar-refractivity contribution in [3.63, 3.8) is 0 Å². The summed E-state index contributed by atoms with van der Waals surface area (Å²) in [6.07, 6.45) is 10.0. The lowest BCUT2D eigenvalue weighted by Crippen LogP contribution is -2.16. The molecule has 208 valence electrons. The molecule has 0 bridgehead atoms. The zero-order valence-corrected chi connectivity index (χ0v) is 23.3. The predicted octanol–water partition coefficient (Wildman–Crippen LogP) is 7.85. The first kappa shape index (κ1) is 28.6. The summed E-state index contributed by atoms with van der Waals surface area (Å²) in [5.74, 6) is -0.686. The van der Waals surface area contributed by atoms with Crippen molar-refractivity contribution in [3.05, 3.63) is 77.6 Å². The summed E-state index contributed by atoms with van der Waals surface area (Å²) in [6.45, 7) is 2.24. The Kier molecular flexibility index (Phi) is 9.28. The first-order valence-electron chi connectivity index (χ1n) is 13.6. The number of carbonyl (C=O) groups is 1. The molecule has 39 heavy (non-hydrogen) atoms. The summed E-state index contributed by atoms with van der Waals surface area (Å²) >= 11 is 0. The first-order chi connectivity index (χ1) is 18.7. The number of hydrogen-bond donors (Lipinski definition) is 2. The quantitative estimate of drug-likeness (QED) is 0.236. The number of benzene rings is 3. The molecular formula is C31H36FNO5S. The summed E-state index contributed by atoms with van der Waals surface area (Å²) in [5.41, 5.74) is 1.99. The third-order valence-electron chi connectivity index (χ3n) is 7.70. The van der Waals surface area contributed by atoms with Crippen LogP contribution >= 0.6 is 0 Å². The van der Waals surface area contributed by atoms with Crippen molar-refractivity contribution >= 4 is 21.7 Å². The number of unbranched alkanes of at least 4 members (excludes halogenated alkanes) is 2. The Morgan fingerprint density at radius 1 is 1.03 bits per heavy atom. The van der Waals surface area contributed by atoms with Gasteiger partial charge in [0.2, 0.25) is 0 Å². The molecule has 1 aliphatic rings.